The molecule has 118 valence electrons. The standard InChI is InChI=1S/C17H28O3Si/c1-13(20-21(5,6)17(2,3)4)15(18)12-16(19)14-10-8-7-9-11-14/h7-11,13,16,19H,12H2,1-6H3/t13-,16-/m0/s1. The highest BCUT2D eigenvalue weighted by molar-refractivity contribution is 6.74. The molecule has 2 atom stereocenters. The molecule has 4 heteroatoms. The molecule has 0 fully saturated rings. The van der Waals surface area contributed by atoms with Gasteiger partial charge in [-0.25, -0.2) is 0 Å². The smallest absolute Gasteiger partial charge is 0.193 e. The van der Waals surface area contributed by atoms with Gasteiger partial charge >= 0.3 is 0 Å². The van der Waals surface area contributed by atoms with Gasteiger partial charge in [-0.3, -0.25) is 4.79 Å². The third kappa shape index (κ3) is 5.06. The van der Waals surface area contributed by atoms with Crippen molar-refractivity contribution in [3.63, 3.8) is 0 Å². The van der Waals surface area contributed by atoms with E-state index >= 15 is 0 Å². The Morgan fingerprint density at radius 2 is 1.76 bits per heavy atom. The van der Waals surface area contributed by atoms with Crippen molar-refractivity contribution in [1.29, 1.82) is 0 Å². The van der Waals surface area contributed by atoms with Gasteiger partial charge in [0.05, 0.1) is 6.10 Å². The maximum absolute atomic E-state index is 12.3. The lowest BCUT2D eigenvalue weighted by molar-refractivity contribution is -0.127. The Labute approximate surface area is 129 Å². The van der Waals surface area contributed by atoms with E-state index in [0.717, 1.165) is 5.56 Å². The van der Waals surface area contributed by atoms with Crippen LogP contribution in [0.15, 0.2) is 30.3 Å². The molecule has 0 unspecified atom stereocenters. The van der Waals surface area contributed by atoms with Crippen LogP contribution in [0.2, 0.25) is 18.1 Å². The first-order chi connectivity index (χ1) is 9.54. The van der Waals surface area contributed by atoms with Crippen molar-refractivity contribution in [2.45, 2.75) is 64.5 Å². The molecule has 21 heavy (non-hydrogen) atoms. The molecule has 0 spiro atoms. The van der Waals surface area contributed by atoms with Crippen molar-refractivity contribution in [3.05, 3.63) is 35.9 Å². The van der Waals surface area contributed by atoms with E-state index in [0.29, 0.717) is 0 Å². The van der Waals surface area contributed by atoms with Crippen molar-refractivity contribution in [2.24, 2.45) is 0 Å². The summed E-state index contributed by atoms with van der Waals surface area (Å²) in [5.41, 5.74) is 0.769. The molecule has 0 aliphatic carbocycles. The normalized spacial score (nSPS) is 15.6. The summed E-state index contributed by atoms with van der Waals surface area (Å²) in [6, 6.07) is 9.27. The molecule has 0 bridgehead atoms. The summed E-state index contributed by atoms with van der Waals surface area (Å²) in [5, 5.41) is 10.2. The van der Waals surface area contributed by atoms with Crippen LogP contribution in [-0.2, 0) is 9.22 Å². The minimum Gasteiger partial charge on any atom is -0.407 e. The number of carbonyl (C=O) groups excluding carboxylic acids is 1. The van der Waals surface area contributed by atoms with E-state index in [-0.39, 0.29) is 17.2 Å². The van der Waals surface area contributed by atoms with Crippen LogP contribution in [0.5, 0.6) is 0 Å². The first-order valence-electron chi connectivity index (χ1n) is 7.48. The summed E-state index contributed by atoms with van der Waals surface area (Å²) in [6.45, 7) is 12.5. The molecular weight excluding hydrogens is 280 g/mol. The highest BCUT2D eigenvalue weighted by atomic mass is 28.4. The van der Waals surface area contributed by atoms with Crippen LogP contribution in [-0.4, -0.2) is 25.3 Å². The number of aliphatic hydroxyl groups excluding tert-OH is 1. The molecule has 1 N–H and O–H groups in total. The zero-order chi connectivity index (χ0) is 16.3. The van der Waals surface area contributed by atoms with E-state index < -0.39 is 20.5 Å². The highest BCUT2D eigenvalue weighted by Crippen LogP contribution is 2.37. The van der Waals surface area contributed by atoms with Gasteiger partial charge in [0.25, 0.3) is 0 Å². The molecule has 1 aromatic carbocycles. The Hall–Kier alpha value is -0.973. The lowest BCUT2D eigenvalue weighted by atomic mass is 10.0. The minimum absolute atomic E-state index is 0.0452. The van der Waals surface area contributed by atoms with Gasteiger partial charge in [0, 0.05) is 6.42 Å². The fourth-order valence-electron chi connectivity index (χ4n) is 1.83. The number of carbonyl (C=O) groups is 1. The number of hydrogen-bond donors (Lipinski definition) is 1. The maximum Gasteiger partial charge on any atom is 0.193 e. The van der Waals surface area contributed by atoms with Gasteiger partial charge in [-0.1, -0.05) is 51.1 Å². The second-order valence-corrected chi connectivity index (χ2v) is 11.9. The number of hydrogen-bond acceptors (Lipinski definition) is 3. The predicted molar refractivity (Wildman–Crippen MR) is 88.8 cm³/mol. The Kier molecular flexibility index (Phi) is 5.90. The van der Waals surface area contributed by atoms with Crippen LogP contribution in [0, 0.1) is 0 Å². The molecule has 0 radical (unpaired) electrons. The summed E-state index contributed by atoms with van der Waals surface area (Å²) in [6.07, 6.45) is -1.13. The van der Waals surface area contributed by atoms with Gasteiger partial charge in [0.15, 0.2) is 14.1 Å². The molecule has 1 aromatic rings. The third-order valence-corrected chi connectivity index (χ3v) is 8.87. The quantitative estimate of drug-likeness (QED) is 0.805. The lowest BCUT2D eigenvalue weighted by Crippen LogP contribution is -2.45. The van der Waals surface area contributed by atoms with Crippen molar-refractivity contribution >= 4 is 14.1 Å². The molecule has 0 aliphatic rings. The molecule has 0 aliphatic heterocycles. The van der Waals surface area contributed by atoms with E-state index in [4.69, 9.17) is 4.43 Å². The van der Waals surface area contributed by atoms with Crippen LogP contribution in [0.4, 0.5) is 0 Å². The Morgan fingerprint density at radius 3 is 2.24 bits per heavy atom. The molecule has 0 saturated heterocycles. The van der Waals surface area contributed by atoms with E-state index in [1.165, 1.54) is 0 Å². The third-order valence-electron chi connectivity index (χ3n) is 4.31. The van der Waals surface area contributed by atoms with Crippen LogP contribution in [0.1, 0.15) is 45.8 Å². The highest BCUT2D eigenvalue weighted by Gasteiger charge is 2.39. The fraction of sp³-hybridized carbons (Fsp3) is 0.588. The van der Waals surface area contributed by atoms with Gasteiger partial charge < -0.3 is 9.53 Å². The minimum atomic E-state index is -1.96. The first-order valence-corrected chi connectivity index (χ1v) is 10.4. The van der Waals surface area contributed by atoms with Gasteiger partial charge in [-0.2, -0.15) is 0 Å². The zero-order valence-corrected chi connectivity index (χ0v) is 15.0. The molecule has 0 saturated carbocycles. The molecule has 0 heterocycles. The second-order valence-electron chi connectivity index (χ2n) is 7.12. The SMILES string of the molecule is C[C@H](O[Si](C)(C)C(C)(C)C)C(=O)C[C@H](O)c1ccccc1. The molecule has 0 aromatic heterocycles. The average Bonchev–Trinajstić information content (AvgIpc) is 2.37. The maximum atomic E-state index is 12.3. The molecule has 3 nitrogen and oxygen atoms in total. The number of ketones is 1. The average molecular weight is 308 g/mol. The molecule has 0 amide bonds. The summed E-state index contributed by atoms with van der Waals surface area (Å²) in [7, 11) is -1.96. The Morgan fingerprint density at radius 1 is 1.24 bits per heavy atom. The number of benzene rings is 1. The number of aliphatic hydroxyl groups is 1. The monoisotopic (exact) mass is 308 g/mol. The Balaban J connectivity index is 2.64. The van der Waals surface area contributed by atoms with Gasteiger partial charge in [0.1, 0.15) is 6.10 Å². The van der Waals surface area contributed by atoms with Crippen LogP contribution in [0.3, 0.4) is 0 Å². The van der Waals surface area contributed by atoms with Crippen molar-refractivity contribution in [2.75, 3.05) is 0 Å². The van der Waals surface area contributed by atoms with Crippen molar-refractivity contribution < 1.29 is 14.3 Å². The van der Waals surface area contributed by atoms with Gasteiger partial charge in [-0.05, 0) is 30.6 Å². The van der Waals surface area contributed by atoms with E-state index in [1.54, 1.807) is 6.92 Å². The number of Topliss-reactive ketones (excluding diaryl/α,β-unsaturated/α-hetero) is 1. The zero-order valence-electron chi connectivity index (χ0n) is 14.0. The van der Waals surface area contributed by atoms with Gasteiger partial charge in [0.2, 0.25) is 0 Å². The largest absolute Gasteiger partial charge is 0.407 e. The summed E-state index contributed by atoms with van der Waals surface area (Å²) in [4.78, 5) is 12.3. The van der Waals surface area contributed by atoms with E-state index in [1.807, 2.05) is 30.3 Å². The van der Waals surface area contributed by atoms with Crippen LogP contribution in [0.25, 0.3) is 0 Å². The van der Waals surface area contributed by atoms with E-state index in [2.05, 4.69) is 33.9 Å². The lowest BCUT2D eigenvalue weighted by Gasteiger charge is -2.38. The second kappa shape index (κ2) is 6.86. The number of rotatable bonds is 6. The first kappa shape index (κ1) is 18.1. The topological polar surface area (TPSA) is 46.5 Å². The van der Waals surface area contributed by atoms with Crippen LogP contribution >= 0.6 is 0 Å². The van der Waals surface area contributed by atoms with E-state index in [9.17, 15) is 9.90 Å². The fourth-order valence-corrected chi connectivity index (χ4v) is 3.20. The molecule has 1 rings (SSSR count). The predicted octanol–water partition coefficient (Wildman–Crippen LogP) is 4.09. The van der Waals surface area contributed by atoms with Crippen molar-refractivity contribution in [3.8, 4) is 0 Å². The van der Waals surface area contributed by atoms with Crippen LogP contribution < -0.4 is 0 Å². The Bertz CT molecular complexity index is 463. The van der Waals surface area contributed by atoms with Gasteiger partial charge in [-0.15, -0.1) is 0 Å². The summed E-state index contributed by atoms with van der Waals surface area (Å²) < 4.78 is 6.08. The molecular formula is C17H28O3Si. The summed E-state index contributed by atoms with van der Waals surface area (Å²) >= 11 is 0. The summed E-state index contributed by atoms with van der Waals surface area (Å²) in [5.74, 6) is -0.0452. The van der Waals surface area contributed by atoms with Crippen molar-refractivity contribution in [1.82, 2.24) is 0 Å².